The Morgan fingerprint density at radius 1 is 1.22 bits per heavy atom. The fraction of sp³-hybridized carbons (Fsp3) is 0.280. The molecule has 0 amide bonds. The van der Waals surface area contributed by atoms with E-state index in [1.807, 2.05) is 49.1 Å². The maximum absolute atomic E-state index is 11.9. The van der Waals surface area contributed by atoms with E-state index in [1.54, 1.807) is 0 Å². The van der Waals surface area contributed by atoms with Gasteiger partial charge in [0.2, 0.25) is 11.7 Å². The monoisotopic (exact) mass is 508 g/mol. The van der Waals surface area contributed by atoms with Gasteiger partial charge in [0.15, 0.2) is 0 Å². The van der Waals surface area contributed by atoms with E-state index in [1.165, 1.54) is 25.4 Å². The summed E-state index contributed by atoms with van der Waals surface area (Å²) in [5, 5.41) is 16.3. The molecule has 1 saturated heterocycles. The zero-order valence-electron chi connectivity index (χ0n) is 20.1. The number of likely N-dealkylation sites (N-methyl/N-ethyl adjacent to an activating group) is 1. The van der Waals surface area contributed by atoms with Crippen molar-refractivity contribution in [2.45, 2.75) is 12.5 Å². The molecule has 0 bridgehead atoms. The smallest absolute Gasteiger partial charge is 0.313 e. The molecule has 36 heavy (non-hydrogen) atoms. The zero-order valence-corrected chi connectivity index (χ0v) is 20.8. The molecule has 10 nitrogen and oxygen atoms in total. The van der Waals surface area contributed by atoms with Gasteiger partial charge in [-0.05, 0) is 19.5 Å². The molecule has 11 heteroatoms. The van der Waals surface area contributed by atoms with Gasteiger partial charge in [0.25, 0.3) is 0 Å². The van der Waals surface area contributed by atoms with Crippen LogP contribution < -0.4 is 14.8 Å². The van der Waals surface area contributed by atoms with Gasteiger partial charge < -0.3 is 24.3 Å². The predicted octanol–water partition coefficient (Wildman–Crippen LogP) is 5.03. The van der Waals surface area contributed by atoms with Crippen molar-refractivity contribution in [3.63, 3.8) is 0 Å². The van der Waals surface area contributed by atoms with Crippen molar-refractivity contribution in [1.82, 2.24) is 19.4 Å². The number of methoxy groups -OCH3 is 1. The summed E-state index contributed by atoms with van der Waals surface area (Å²) in [6.07, 6.45) is 4.13. The number of ether oxygens (including phenoxy) is 2. The van der Waals surface area contributed by atoms with Crippen molar-refractivity contribution in [3.8, 4) is 22.8 Å². The Morgan fingerprint density at radius 2 is 2.03 bits per heavy atom. The van der Waals surface area contributed by atoms with Crippen LogP contribution in [-0.4, -0.2) is 57.7 Å². The van der Waals surface area contributed by atoms with Gasteiger partial charge >= 0.3 is 5.69 Å². The average Bonchev–Trinajstić information content (AvgIpc) is 3.43. The number of likely N-dealkylation sites (tertiary alicyclic amines) is 1. The van der Waals surface area contributed by atoms with Crippen LogP contribution in [0.15, 0.2) is 48.8 Å². The quantitative estimate of drug-likeness (QED) is 0.273. The van der Waals surface area contributed by atoms with Crippen LogP contribution in [-0.2, 0) is 7.05 Å². The van der Waals surface area contributed by atoms with Crippen LogP contribution in [0.2, 0.25) is 5.02 Å². The van der Waals surface area contributed by atoms with Crippen LogP contribution in [0.4, 0.5) is 17.3 Å². The minimum absolute atomic E-state index is 0.125. The van der Waals surface area contributed by atoms with Gasteiger partial charge in [0.1, 0.15) is 11.9 Å². The molecule has 0 spiro atoms. The number of hydrogen-bond donors (Lipinski definition) is 1. The summed E-state index contributed by atoms with van der Waals surface area (Å²) in [7, 11) is 5.44. The molecule has 0 radical (unpaired) electrons. The van der Waals surface area contributed by atoms with Gasteiger partial charge in [-0.3, -0.25) is 10.1 Å². The Balaban J connectivity index is 1.51. The van der Waals surface area contributed by atoms with E-state index in [9.17, 15) is 10.1 Å². The average molecular weight is 509 g/mol. The van der Waals surface area contributed by atoms with Gasteiger partial charge in [-0.1, -0.05) is 29.8 Å². The van der Waals surface area contributed by atoms with E-state index in [4.69, 9.17) is 21.1 Å². The predicted molar refractivity (Wildman–Crippen MR) is 138 cm³/mol. The molecular weight excluding hydrogens is 484 g/mol. The fourth-order valence-corrected chi connectivity index (χ4v) is 4.68. The third-order valence-electron chi connectivity index (χ3n) is 6.26. The molecular formula is C25H25ClN6O4. The van der Waals surface area contributed by atoms with Gasteiger partial charge in [0, 0.05) is 54.9 Å². The fourth-order valence-electron chi connectivity index (χ4n) is 4.49. The molecule has 0 aliphatic carbocycles. The summed E-state index contributed by atoms with van der Waals surface area (Å²) in [5.41, 5.74) is 2.61. The van der Waals surface area contributed by atoms with Crippen LogP contribution in [0, 0.1) is 10.1 Å². The molecule has 5 rings (SSSR count). The molecule has 1 aliphatic rings. The highest BCUT2D eigenvalue weighted by atomic mass is 35.5. The molecule has 0 saturated carbocycles. The first kappa shape index (κ1) is 23.8. The highest BCUT2D eigenvalue weighted by molar-refractivity contribution is 6.33. The number of nitrogens with one attached hydrogen (secondary N) is 1. The largest absolute Gasteiger partial charge is 0.494 e. The molecule has 2 aromatic heterocycles. The Bertz CT molecular complexity index is 1460. The summed E-state index contributed by atoms with van der Waals surface area (Å²) < 4.78 is 13.5. The lowest BCUT2D eigenvalue weighted by molar-refractivity contribution is -0.386. The molecule has 2 aromatic carbocycles. The Hall–Kier alpha value is -3.89. The second kappa shape index (κ2) is 9.63. The normalized spacial score (nSPS) is 15.8. The van der Waals surface area contributed by atoms with Crippen molar-refractivity contribution in [1.29, 1.82) is 0 Å². The van der Waals surface area contributed by atoms with E-state index < -0.39 is 4.92 Å². The summed E-state index contributed by atoms with van der Waals surface area (Å²) in [6, 6.07) is 10.9. The number of hydrogen-bond acceptors (Lipinski definition) is 8. The zero-order chi connectivity index (χ0) is 25.4. The third kappa shape index (κ3) is 4.52. The first-order chi connectivity index (χ1) is 17.3. The molecule has 1 fully saturated rings. The third-order valence-corrected chi connectivity index (χ3v) is 6.54. The second-order valence-corrected chi connectivity index (χ2v) is 9.16. The SMILES string of the molecule is COc1cc(O[C@@H]2CCN(C)C2)c([N+](=O)[O-])cc1Nc1ncc(Cl)c(-c2cn(C)c3ccccc23)n1. The van der Waals surface area contributed by atoms with E-state index >= 15 is 0 Å². The van der Waals surface area contributed by atoms with E-state index in [2.05, 4.69) is 20.2 Å². The van der Waals surface area contributed by atoms with Gasteiger partial charge in [-0.25, -0.2) is 9.97 Å². The summed E-state index contributed by atoms with van der Waals surface area (Å²) in [5.74, 6) is 0.754. The van der Waals surface area contributed by atoms with Crippen molar-refractivity contribution in [2.75, 3.05) is 32.6 Å². The number of para-hydroxylation sites is 1. The highest BCUT2D eigenvalue weighted by Gasteiger charge is 2.27. The molecule has 0 unspecified atom stereocenters. The van der Waals surface area contributed by atoms with Crippen molar-refractivity contribution in [3.05, 3.63) is 63.9 Å². The highest BCUT2D eigenvalue weighted by Crippen LogP contribution is 2.40. The number of halogens is 1. The lowest BCUT2D eigenvalue weighted by atomic mass is 10.1. The van der Waals surface area contributed by atoms with Crippen LogP contribution in [0.25, 0.3) is 22.2 Å². The number of rotatable bonds is 7. The standard InChI is InChI=1S/C25H25ClN6O4/c1-30-9-8-15(13-30)36-23-11-22(35-3)19(10-21(23)32(33)34)28-25-27-12-18(26)24(29-25)17-14-31(2)20-7-5-4-6-16(17)20/h4-7,10-12,14-15H,8-9,13H2,1-3H3,(H,27,28,29)/t15-/m1/s1. The minimum Gasteiger partial charge on any atom is -0.494 e. The van der Waals surface area contributed by atoms with Gasteiger partial charge in [0.05, 0.1) is 34.6 Å². The van der Waals surface area contributed by atoms with Crippen molar-refractivity contribution >= 4 is 39.8 Å². The lowest BCUT2D eigenvalue weighted by Gasteiger charge is -2.17. The number of nitro groups is 1. The Kier molecular flexibility index (Phi) is 6.38. The maximum Gasteiger partial charge on any atom is 0.313 e. The Labute approximate surface area is 212 Å². The number of benzene rings is 2. The number of fused-ring (bicyclic) bond motifs is 1. The molecule has 1 aliphatic heterocycles. The van der Waals surface area contributed by atoms with Gasteiger partial charge in [-0.2, -0.15) is 0 Å². The molecule has 1 N–H and O–H groups in total. The number of aromatic nitrogens is 3. The molecule has 4 aromatic rings. The molecule has 3 heterocycles. The lowest BCUT2D eigenvalue weighted by Crippen LogP contribution is -2.21. The van der Waals surface area contributed by atoms with Gasteiger partial charge in [-0.15, -0.1) is 0 Å². The summed E-state index contributed by atoms with van der Waals surface area (Å²) in [6.45, 7) is 1.58. The minimum atomic E-state index is -0.469. The van der Waals surface area contributed by atoms with Crippen LogP contribution >= 0.6 is 11.6 Å². The number of nitrogens with zero attached hydrogens (tertiary/aromatic N) is 5. The van der Waals surface area contributed by atoms with Crippen LogP contribution in [0.1, 0.15) is 6.42 Å². The Morgan fingerprint density at radius 3 is 2.75 bits per heavy atom. The number of nitro benzene ring substituents is 1. The first-order valence-corrected chi connectivity index (χ1v) is 11.8. The summed E-state index contributed by atoms with van der Waals surface area (Å²) in [4.78, 5) is 22.4. The van der Waals surface area contributed by atoms with Crippen molar-refractivity contribution in [2.24, 2.45) is 7.05 Å². The van der Waals surface area contributed by atoms with E-state index in [0.717, 1.165) is 29.4 Å². The van der Waals surface area contributed by atoms with Crippen LogP contribution in [0.3, 0.4) is 0 Å². The van der Waals surface area contributed by atoms with Crippen LogP contribution in [0.5, 0.6) is 11.5 Å². The second-order valence-electron chi connectivity index (χ2n) is 8.75. The number of aryl methyl sites for hydroxylation is 1. The van der Waals surface area contributed by atoms with E-state index in [-0.39, 0.29) is 23.5 Å². The topological polar surface area (TPSA) is 108 Å². The van der Waals surface area contributed by atoms with Crippen molar-refractivity contribution < 1.29 is 14.4 Å². The summed E-state index contributed by atoms with van der Waals surface area (Å²) >= 11 is 6.48. The molecule has 1 atom stereocenters. The van der Waals surface area contributed by atoms with E-state index in [0.29, 0.717) is 28.7 Å². The first-order valence-electron chi connectivity index (χ1n) is 11.4. The molecule has 186 valence electrons. The maximum atomic E-state index is 11.9. The number of anilines is 2.